The van der Waals surface area contributed by atoms with E-state index in [0.717, 1.165) is 22.6 Å². The molecule has 0 bridgehead atoms. The molecule has 0 fully saturated rings. The van der Waals surface area contributed by atoms with E-state index in [-0.39, 0.29) is 5.56 Å². The molecule has 0 saturated heterocycles. The summed E-state index contributed by atoms with van der Waals surface area (Å²) in [6.07, 6.45) is 0.856. The van der Waals surface area contributed by atoms with E-state index >= 15 is 0 Å². The highest BCUT2D eigenvalue weighted by molar-refractivity contribution is 9.10. The molecule has 1 aliphatic rings. The number of aromatic carboxylic acids is 1. The van der Waals surface area contributed by atoms with Crippen molar-refractivity contribution in [3.63, 3.8) is 0 Å². The highest BCUT2D eigenvalue weighted by Gasteiger charge is 2.21. The summed E-state index contributed by atoms with van der Waals surface area (Å²) >= 11 is 4.97. The molecule has 0 amide bonds. The lowest BCUT2D eigenvalue weighted by molar-refractivity contribution is 0.0696. The van der Waals surface area contributed by atoms with Gasteiger partial charge in [0.2, 0.25) is 0 Å². The molecule has 5 heteroatoms. The predicted molar refractivity (Wildman–Crippen MR) is 78.4 cm³/mol. The molecule has 0 aliphatic carbocycles. The Bertz CT molecular complexity index is 676. The maximum Gasteiger partial charge on any atom is 0.336 e. The Balaban J connectivity index is 2.27. The number of ether oxygens (including phenoxy) is 1. The van der Waals surface area contributed by atoms with E-state index in [1.807, 2.05) is 0 Å². The number of hydrogen-bond donors (Lipinski definition) is 1. The van der Waals surface area contributed by atoms with E-state index in [0.29, 0.717) is 11.1 Å². The van der Waals surface area contributed by atoms with Gasteiger partial charge in [0.05, 0.1) is 12.2 Å². The van der Waals surface area contributed by atoms with Crippen molar-refractivity contribution in [3.05, 3.63) is 38.7 Å². The van der Waals surface area contributed by atoms with E-state index in [9.17, 15) is 9.90 Å². The van der Waals surface area contributed by atoms with Gasteiger partial charge in [0, 0.05) is 26.2 Å². The second-order valence-electron chi connectivity index (χ2n) is 4.44. The zero-order valence-electron chi connectivity index (χ0n) is 10.2. The van der Waals surface area contributed by atoms with Gasteiger partial charge in [0.25, 0.3) is 0 Å². The number of fused-ring (bicyclic) bond motifs is 3. The fraction of sp³-hybridized carbons (Fsp3) is 0.214. The molecule has 1 N–H and O–H groups in total. The summed E-state index contributed by atoms with van der Waals surface area (Å²) in [5.41, 5.74) is 2.38. The number of thiophene rings is 1. The number of carboxylic acids is 1. The monoisotopic (exact) mass is 338 g/mol. The molecule has 3 rings (SSSR count). The van der Waals surface area contributed by atoms with Crippen LogP contribution in [0.1, 0.15) is 20.8 Å². The molecule has 0 unspecified atom stereocenters. The largest absolute Gasteiger partial charge is 0.493 e. The van der Waals surface area contributed by atoms with Gasteiger partial charge in [-0.25, -0.2) is 4.79 Å². The van der Waals surface area contributed by atoms with Crippen molar-refractivity contribution >= 4 is 33.2 Å². The number of carbonyl (C=O) groups is 1. The molecule has 0 radical (unpaired) electrons. The molecular weight excluding hydrogens is 328 g/mol. The highest BCUT2D eigenvalue weighted by Crippen LogP contribution is 2.42. The Labute approximate surface area is 123 Å². The van der Waals surface area contributed by atoms with Gasteiger partial charge in [-0.2, -0.15) is 0 Å². The SMILES string of the molecule is Cc1cc2c(s1)-c1cc(C(=O)O)c(Br)cc1OCC2. The summed E-state index contributed by atoms with van der Waals surface area (Å²) in [5.74, 6) is -0.189. The van der Waals surface area contributed by atoms with Crippen molar-refractivity contribution in [1.82, 2.24) is 0 Å². The topological polar surface area (TPSA) is 46.5 Å². The van der Waals surface area contributed by atoms with Crippen molar-refractivity contribution in [2.45, 2.75) is 13.3 Å². The molecule has 3 nitrogen and oxygen atoms in total. The third-order valence-electron chi connectivity index (χ3n) is 3.11. The van der Waals surface area contributed by atoms with Crippen LogP contribution in [0.2, 0.25) is 0 Å². The molecule has 2 aromatic rings. The second kappa shape index (κ2) is 4.65. The average Bonchev–Trinajstić information content (AvgIpc) is 2.62. The van der Waals surface area contributed by atoms with Gasteiger partial charge >= 0.3 is 5.97 Å². The maximum absolute atomic E-state index is 11.2. The Morgan fingerprint density at radius 1 is 1.42 bits per heavy atom. The minimum Gasteiger partial charge on any atom is -0.493 e. The number of halogens is 1. The van der Waals surface area contributed by atoms with Crippen LogP contribution < -0.4 is 4.74 Å². The van der Waals surface area contributed by atoms with Crippen LogP contribution in [0, 0.1) is 6.92 Å². The fourth-order valence-electron chi connectivity index (χ4n) is 2.27. The summed E-state index contributed by atoms with van der Waals surface area (Å²) in [7, 11) is 0. The van der Waals surface area contributed by atoms with Crippen LogP contribution in [0.25, 0.3) is 10.4 Å². The molecule has 0 atom stereocenters. The molecule has 0 saturated carbocycles. The van der Waals surface area contributed by atoms with Gasteiger partial charge in [-0.1, -0.05) is 0 Å². The van der Waals surface area contributed by atoms with Crippen LogP contribution in [-0.4, -0.2) is 17.7 Å². The lowest BCUT2D eigenvalue weighted by atomic mass is 10.0. The number of aryl methyl sites for hydroxylation is 1. The van der Waals surface area contributed by atoms with Gasteiger partial charge in [0.1, 0.15) is 5.75 Å². The summed E-state index contributed by atoms with van der Waals surface area (Å²) in [4.78, 5) is 13.6. The standard InChI is InChI=1S/C14H11BrO3S/c1-7-4-8-2-3-18-12-6-11(15)9(14(16)17)5-10(12)13(8)19-7/h4-6H,2-3H2,1H3,(H,16,17). The van der Waals surface area contributed by atoms with E-state index in [2.05, 4.69) is 28.9 Å². The average molecular weight is 339 g/mol. The van der Waals surface area contributed by atoms with Crippen molar-refractivity contribution < 1.29 is 14.6 Å². The fourth-order valence-corrected chi connectivity index (χ4v) is 3.84. The van der Waals surface area contributed by atoms with Crippen LogP contribution >= 0.6 is 27.3 Å². The zero-order valence-corrected chi connectivity index (χ0v) is 12.6. The Morgan fingerprint density at radius 3 is 2.95 bits per heavy atom. The van der Waals surface area contributed by atoms with Crippen LogP contribution in [-0.2, 0) is 6.42 Å². The molecule has 1 aromatic heterocycles. The summed E-state index contributed by atoms with van der Waals surface area (Å²) in [6.45, 7) is 2.69. The second-order valence-corrected chi connectivity index (χ2v) is 6.55. The zero-order chi connectivity index (χ0) is 13.6. The van der Waals surface area contributed by atoms with E-state index in [1.165, 1.54) is 10.4 Å². The Morgan fingerprint density at radius 2 is 2.21 bits per heavy atom. The number of benzene rings is 1. The molecule has 2 heterocycles. The van der Waals surface area contributed by atoms with Crippen LogP contribution in [0.5, 0.6) is 5.75 Å². The minimum atomic E-state index is -0.936. The molecule has 98 valence electrons. The summed E-state index contributed by atoms with van der Waals surface area (Å²) < 4.78 is 6.28. The smallest absolute Gasteiger partial charge is 0.336 e. The Kier molecular flexibility index (Phi) is 3.11. The molecule has 0 spiro atoms. The van der Waals surface area contributed by atoms with E-state index < -0.39 is 5.97 Å². The molecule has 1 aromatic carbocycles. The molecular formula is C14H11BrO3S. The lowest BCUT2D eigenvalue weighted by Gasteiger charge is -2.09. The number of carboxylic acid groups (broad SMARTS) is 1. The van der Waals surface area contributed by atoms with E-state index in [1.54, 1.807) is 23.5 Å². The summed E-state index contributed by atoms with van der Waals surface area (Å²) in [6, 6.07) is 5.60. The number of hydrogen-bond acceptors (Lipinski definition) is 3. The number of rotatable bonds is 1. The first-order valence-electron chi connectivity index (χ1n) is 5.85. The van der Waals surface area contributed by atoms with Gasteiger partial charge in [-0.05, 0) is 46.6 Å². The first-order valence-corrected chi connectivity index (χ1v) is 7.46. The molecule has 19 heavy (non-hydrogen) atoms. The van der Waals surface area contributed by atoms with Crippen molar-refractivity contribution in [2.75, 3.05) is 6.61 Å². The van der Waals surface area contributed by atoms with Crippen molar-refractivity contribution in [1.29, 1.82) is 0 Å². The molecule has 1 aliphatic heterocycles. The lowest BCUT2D eigenvalue weighted by Crippen LogP contribution is -2.01. The first kappa shape index (κ1) is 12.7. The van der Waals surface area contributed by atoms with Crippen LogP contribution in [0.3, 0.4) is 0 Å². The van der Waals surface area contributed by atoms with Crippen LogP contribution in [0.15, 0.2) is 22.7 Å². The maximum atomic E-state index is 11.2. The third-order valence-corrected chi connectivity index (χ3v) is 4.89. The summed E-state index contributed by atoms with van der Waals surface area (Å²) in [5, 5.41) is 9.22. The predicted octanol–water partition coefficient (Wildman–Crippen LogP) is 4.12. The quantitative estimate of drug-likeness (QED) is 0.850. The highest BCUT2D eigenvalue weighted by atomic mass is 79.9. The van der Waals surface area contributed by atoms with Gasteiger partial charge in [0.15, 0.2) is 0 Å². The minimum absolute atomic E-state index is 0.265. The Hall–Kier alpha value is -1.33. The van der Waals surface area contributed by atoms with Gasteiger partial charge in [-0.3, -0.25) is 0 Å². The third kappa shape index (κ3) is 2.17. The van der Waals surface area contributed by atoms with Gasteiger partial charge < -0.3 is 9.84 Å². The van der Waals surface area contributed by atoms with Crippen molar-refractivity contribution in [2.24, 2.45) is 0 Å². The van der Waals surface area contributed by atoms with Gasteiger partial charge in [-0.15, -0.1) is 11.3 Å². The first-order chi connectivity index (χ1) is 9.06. The van der Waals surface area contributed by atoms with Crippen molar-refractivity contribution in [3.8, 4) is 16.2 Å². The van der Waals surface area contributed by atoms with E-state index in [4.69, 9.17) is 4.74 Å². The van der Waals surface area contributed by atoms with Crippen LogP contribution in [0.4, 0.5) is 0 Å². The normalized spacial score (nSPS) is 13.2.